The average molecular weight is 323 g/mol. The maximum absolute atomic E-state index is 12.3. The lowest BCUT2D eigenvalue weighted by molar-refractivity contribution is 0.0940. The number of hydrogen-bond donors (Lipinski definition) is 2. The van der Waals surface area contributed by atoms with Crippen molar-refractivity contribution in [3.63, 3.8) is 0 Å². The van der Waals surface area contributed by atoms with Crippen molar-refractivity contribution in [2.24, 2.45) is 0 Å². The normalized spacial score (nSPS) is 14.1. The first kappa shape index (κ1) is 16.0. The van der Waals surface area contributed by atoms with Crippen molar-refractivity contribution in [2.45, 2.75) is 32.5 Å². The molecule has 1 amide bonds. The van der Waals surface area contributed by atoms with Crippen LogP contribution in [0.4, 0.5) is 0 Å². The molecule has 0 aliphatic carbocycles. The number of benzene rings is 1. The van der Waals surface area contributed by atoms with Gasteiger partial charge in [-0.2, -0.15) is 0 Å². The molecule has 0 saturated carbocycles. The molecule has 1 unspecified atom stereocenters. The van der Waals surface area contributed by atoms with Crippen LogP contribution in [0.5, 0.6) is 0 Å². The maximum atomic E-state index is 12.3. The van der Waals surface area contributed by atoms with Crippen LogP contribution in [0, 0.1) is 0 Å². The van der Waals surface area contributed by atoms with Crippen LogP contribution in [-0.4, -0.2) is 11.9 Å². The number of rotatable bonds is 4. The Hall–Kier alpha value is -1.36. The molecule has 1 atom stereocenters. The van der Waals surface area contributed by atoms with Gasteiger partial charge in [0.15, 0.2) is 0 Å². The second-order valence-corrected chi connectivity index (χ2v) is 6.28. The number of carbonyl (C=O) groups excluding carboxylic acids is 1. The predicted molar refractivity (Wildman–Crippen MR) is 89.2 cm³/mol. The molecule has 2 N–H and O–H groups in total. The van der Waals surface area contributed by atoms with Gasteiger partial charge in [0.2, 0.25) is 0 Å². The van der Waals surface area contributed by atoms with Crippen LogP contribution in [0.3, 0.4) is 0 Å². The topological polar surface area (TPSA) is 41.1 Å². The minimum atomic E-state index is 0. The Labute approximate surface area is 135 Å². The van der Waals surface area contributed by atoms with Gasteiger partial charge in [-0.05, 0) is 41.6 Å². The Morgan fingerprint density at radius 1 is 1.33 bits per heavy atom. The SMILES string of the molecule is CC(Cc1cccs1)NC(=O)c1ccc2c(c1)CNC2.Cl. The molecule has 112 valence electrons. The molecular formula is C16H19ClN2OS. The van der Waals surface area contributed by atoms with Gasteiger partial charge in [-0.3, -0.25) is 4.79 Å². The van der Waals surface area contributed by atoms with Gasteiger partial charge in [0, 0.05) is 36.0 Å². The second-order valence-electron chi connectivity index (χ2n) is 5.25. The number of thiophene rings is 1. The third-order valence-corrected chi connectivity index (χ3v) is 4.46. The lowest BCUT2D eigenvalue weighted by Crippen LogP contribution is -2.33. The zero-order chi connectivity index (χ0) is 13.9. The number of halogens is 1. The third kappa shape index (κ3) is 3.84. The molecule has 0 bridgehead atoms. The van der Waals surface area contributed by atoms with Crippen molar-refractivity contribution < 1.29 is 4.79 Å². The van der Waals surface area contributed by atoms with E-state index in [1.54, 1.807) is 11.3 Å². The van der Waals surface area contributed by atoms with Crippen LogP contribution in [0.15, 0.2) is 35.7 Å². The van der Waals surface area contributed by atoms with Crippen LogP contribution in [0.25, 0.3) is 0 Å². The Kier molecular flexibility index (Phi) is 5.39. The van der Waals surface area contributed by atoms with Gasteiger partial charge in [0.25, 0.3) is 5.91 Å². The molecule has 1 aromatic heterocycles. The average Bonchev–Trinajstić information content (AvgIpc) is 3.07. The lowest BCUT2D eigenvalue weighted by atomic mass is 10.1. The lowest BCUT2D eigenvalue weighted by Gasteiger charge is -2.13. The fraction of sp³-hybridized carbons (Fsp3) is 0.312. The molecular weight excluding hydrogens is 304 g/mol. The Balaban J connectivity index is 0.00000161. The molecule has 3 nitrogen and oxygen atoms in total. The van der Waals surface area contributed by atoms with Gasteiger partial charge in [-0.25, -0.2) is 0 Å². The van der Waals surface area contributed by atoms with Gasteiger partial charge < -0.3 is 10.6 Å². The zero-order valence-corrected chi connectivity index (χ0v) is 13.5. The highest BCUT2D eigenvalue weighted by Crippen LogP contribution is 2.17. The highest BCUT2D eigenvalue weighted by atomic mass is 35.5. The molecule has 0 fully saturated rings. The smallest absolute Gasteiger partial charge is 0.251 e. The van der Waals surface area contributed by atoms with Crippen molar-refractivity contribution in [1.82, 2.24) is 10.6 Å². The van der Waals surface area contributed by atoms with Crippen LogP contribution < -0.4 is 10.6 Å². The van der Waals surface area contributed by atoms with Crippen LogP contribution in [-0.2, 0) is 19.5 Å². The van der Waals surface area contributed by atoms with E-state index in [0.717, 1.165) is 25.1 Å². The summed E-state index contributed by atoms with van der Waals surface area (Å²) in [5, 5.41) is 8.43. The summed E-state index contributed by atoms with van der Waals surface area (Å²) in [4.78, 5) is 13.6. The Bertz CT molecular complexity index is 613. The molecule has 5 heteroatoms. The molecule has 1 aliphatic rings. The van der Waals surface area contributed by atoms with E-state index in [2.05, 4.69) is 22.1 Å². The summed E-state index contributed by atoms with van der Waals surface area (Å²) >= 11 is 1.73. The summed E-state index contributed by atoms with van der Waals surface area (Å²) in [6.07, 6.45) is 0.885. The summed E-state index contributed by atoms with van der Waals surface area (Å²) in [6, 6.07) is 10.3. The summed E-state index contributed by atoms with van der Waals surface area (Å²) in [5.41, 5.74) is 3.29. The molecule has 0 saturated heterocycles. The molecule has 3 rings (SSSR count). The number of hydrogen-bond acceptors (Lipinski definition) is 3. The minimum absolute atomic E-state index is 0. The Morgan fingerprint density at radius 3 is 2.90 bits per heavy atom. The van der Waals surface area contributed by atoms with E-state index in [4.69, 9.17) is 0 Å². The first-order valence-electron chi connectivity index (χ1n) is 6.88. The van der Waals surface area contributed by atoms with E-state index in [0.29, 0.717) is 0 Å². The van der Waals surface area contributed by atoms with E-state index in [9.17, 15) is 4.79 Å². The quantitative estimate of drug-likeness (QED) is 0.908. The number of amides is 1. The van der Waals surface area contributed by atoms with Crippen LogP contribution in [0.2, 0.25) is 0 Å². The van der Waals surface area contributed by atoms with Crippen molar-refractivity contribution in [1.29, 1.82) is 0 Å². The van der Waals surface area contributed by atoms with Crippen LogP contribution in [0.1, 0.15) is 33.3 Å². The highest BCUT2D eigenvalue weighted by molar-refractivity contribution is 7.09. The monoisotopic (exact) mass is 322 g/mol. The van der Waals surface area contributed by atoms with Gasteiger partial charge >= 0.3 is 0 Å². The van der Waals surface area contributed by atoms with Crippen molar-refractivity contribution in [3.05, 3.63) is 57.3 Å². The molecule has 2 aromatic rings. The highest BCUT2D eigenvalue weighted by Gasteiger charge is 2.15. The first-order chi connectivity index (χ1) is 9.72. The summed E-state index contributed by atoms with van der Waals surface area (Å²) in [6.45, 7) is 3.82. The van der Waals surface area contributed by atoms with Crippen molar-refractivity contribution in [2.75, 3.05) is 0 Å². The standard InChI is InChI=1S/C16H18N2OS.ClH/c1-11(7-15-3-2-6-20-15)18-16(19)12-4-5-13-9-17-10-14(13)8-12;/h2-6,8,11,17H,7,9-10H2,1H3,(H,18,19);1H. The zero-order valence-electron chi connectivity index (χ0n) is 11.9. The van der Waals surface area contributed by atoms with E-state index in [-0.39, 0.29) is 24.4 Å². The fourth-order valence-corrected chi connectivity index (χ4v) is 3.36. The maximum Gasteiger partial charge on any atom is 0.251 e. The predicted octanol–water partition coefficient (Wildman–Crippen LogP) is 3.13. The fourth-order valence-electron chi connectivity index (χ4n) is 2.52. The first-order valence-corrected chi connectivity index (χ1v) is 7.76. The molecule has 1 aliphatic heterocycles. The van der Waals surface area contributed by atoms with E-state index in [1.807, 2.05) is 31.2 Å². The molecule has 0 spiro atoms. The van der Waals surface area contributed by atoms with E-state index in [1.165, 1.54) is 16.0 Å². The number of fused-ring (bicyclic) bond motifs is 1. The largest absolute Gasteiger partial charge is 0.349 e. The summed E-state index contributed by atoms with van der Waals surface area (Å²) < 4.78 is 0. The van der Waals surface area contributed by atoms with Crippen molar-refractivity contribution >= 4 is 29.7 Å². The molecule has 1 aromatic carbocycles. The number of nitrogens with one attached hydrogen (secondary N) is 2. The second kappa shape index (κ2) is 7.07. The van der Waals surface area contributed by atoms with E-state index >= 15 is 0 Å². The summed E-state index contributed by atoms with van der Waals surface area (Å²) in [5.74, 6) is 0.0174. The van der Waals surface area contributed by atoms with Gasteiger partial charge in [0.1, 0.15) is 0 Å². The van der Waals surface area contributed by atoms with Gasteiger partial charge in [-0.1, -0.05) is 12.1 Å². The molecule has 0 radical (unpaired) electrons. The molecule has 2 heterocycles. The number of carbonyl (C=O) groups is 1. The van der Waals surface area contributed by atoms with Gasteiger partial charge in [0.05, 0.1) is 0 Å². The van der Waals surface area contributed by atoms with E-state index < -0.39 is 0 Å². The summed E-state index contributed by atoms with van der Waals surface area (Å²) in [7, 11) is 0. The van der Waals surface area contributed by atoms with Gasteiger partial charge in [-0.15, -0.1) is 23.7 Å². The minimum Gasteiger partial charge on any atom is -0.349 e. The third-order valence-electron chi connectivity index (χ3n) is 3.56. The Morgan fingerprint density at radius 2 is 2.14 bits per heavy atom. The van der Waals surface area contributed by atoms with Crippen molar-refractivity contribution in [3.8, 4) is 0 Å². The van der Waals surface area contributed by atoms with Crippen LogP contribution >= 0.6 is 23.7 Å². The molecule has 21 heavy (non-hydrogen) atoms.